The second kappa shape index (κ2) is 6.60. The van der Waals surface area contributed by atoms with E-state index in [0.29, 0.717) is 11.7 Å². The minimum Gasteiger partial charge on any atom is -0.543 e. The van der Waals surface area contributed by atoms with Crippen molar-refractivity contribution in [3.8, 4) is 17.6 Å². The molecule has 0 spiro atoms. The van der Waals surface area contributed by atoms with Gasteiger partial charge in [-0.2, -0.15) is 10.4 Å². The second-order valence-electron chi connectivity index (χ2n) is 5.62. The van der Waals surface area contributed by atoms with Gasteiger partial charge >= 0.3 is 18.9 Å². The molecule has 0 saturated heterocycles. The molecule has 2 aromatic heterocycles. The predicted octanol–water partition coefficient (Wildman–Crippen LogP) is -1.36. The van der Waals surface area contributed by atoms with Gasteiger partial charge in [-0.05, 0) is 36.5 Å². The van der Waals surface area contributed by atoms with Gasteiger partial charge in [0, 0.05) is 6.07 Å². The van der Waals surface area contributed by atoms with Crippen LogP contribution in [0.5, 0.6) is 11.5 Å². The smallest absolute Gasteiger partial charge is 0.543 e. The molecule has 2 heterocycles. The van der Waals surface area contributed by atoms with Gasteiger partial charge in [0.25, 0.3) is 0 Å². The average Bonchev–Trinajstić information content (AvgIpc) is 3.34. The summed E-state index contributed by atoms with van der Waals surface area (Å²) in [5, 5.41) is 24.4. The van der Waals surface area contributed by atoms with E-state index in [1.807, 2.05) is 24.3 Å². The summed E-state index contributed by atoms with van der Waals surface area (Å²) in [6.07, 6.45) is 3.62. The molecule has 0 amide bonds. The van der Waals surface area contributed by atoms with Gasteiger partial charge in [0.1, 0.15) is 17.5 Å². The monoisotopic (exact) mass is 326 g/mol. The normalized spacial score (nSPS) is 13.1. The Bertz CT molecular complexity index is 1000. The molecule has 0 N–H and O–H groups in total. The zero-order chi connectivity index (χ0) is 16.7. The molecule has 1 aliphatic rings. The fourth-order valence-electron chi connectivity index (χ4n) is 2.61. The Morgan fingerprint density at radius 2 is 2.16 bits per heavy atom. The molecule has 0 bridgehead atoms. The number of hydrogen-bond acceptors (Lipinski definition) is 6. The summed E-state index contributed by atoms with van der Waals surface area (Å²) in [6, 6.07) is 10.8. The topological polar surface area (TPSA) is 103 Å². The number of benzene rings is 1. The molecule has 1 saturated carbocycles. The molecule has 7 nitrogen and oxygen atoms in total. The number of carboxylic acid groups (broad SMARTS) is 1. The molecule has 0 aliphatic heterocycles. The number of carboxylic acids is 1. The van der Waals surface area contributed by atoms with Crippen LogP contribution in [0.15, 0.2) is 36.5 Å². The van der Waals surface area contributed by atoms with Crippen LogP contribution in [0.2, 0.25) is 0 Å². The summed E-state index contributed by atoms with van der Waals surface area (Å²) in [7, 11) is 0. The molecule has 0 radical (unpaired) electrons. The van der Waals surface area contributed by atoms with Crippen LogP contribution < -0.4 is 28.7 Å². The minimum atomic E-state index is -1.46. The van der Waals surface area contributed by atoms with Crippen LogP contribution in [0.3, 0.4) is 0 Å². The quantitative estimate of drug-likeness (QED) is 0.549. The van der Waals surface area contributed by atoms with Gasteiger partial charge in [-0.15, -0.1) is 0 Å². The molecule has 0 atom stereocenters. The summed E-state index contributed by atoms with van der Waals surface area (Å²) >= 11 is 0. The van der Waals surface area contributed by atoms with Crippen LogP contribution in [-0.4, -0.2) is 20.6 Å². The van der Waals surface area contributed by atoms with Crippen LogP contribution in [0.25, 0.3) is 5.65 Å². The Hall–Kier alpha value is -2.80. The predicted molar refractivity (Wildman–Crippen MR) is 80.5 cm³/mol. The molecule has 1 aromatic carbocycles. The van der Waals surface area contributed by atoms with Crippen molar-refractivity contribution in [2.45, 2.75) is 18.8 Å². The van der Waals surface area contributed by atoms with Crippen molar-refractivity contribution in [2.24, 2.45) is 0 Å². The average molecular weight is 326 g/mol. The molecule has 4 rings (SSSR count). The zero-order valence-electron chi connectivity index (χ0n) is 13.5. The number of carbonyl (C=O) groups excluding carboxylic acids is 1. The van der Waals surface area contributed by atoms with E-state index < -0.39 is 5.97 Å². The SMILES string of the molecule is N#Cc1cc2ncc(Oc3cccc(C4CC4)c3)c(C(=O)[O-])n2n1.[Li+]. The Balaban J connectivity index is 0.00000182. The maximum absolute atomic E-state index is 11.5. The van der Waals surface area contributed by atoms with E-state index in [9.17, 15) is 9.90 Å². The first kappa shape index (κ1) is 17.0. The number of hydrogen-bond donors (Lipinski definition) is 0. The third-order valence-corrected chi connectivity index (χ3v) is 3.89. The summed E-state index contributed by atoms with van der Waals surface area (Å²) in [5.41, 5.74) is 1.20. The zero-order valence-corrected chi connectivity index (χ0v) is 13.5. The second-order valence-corrected chi connectivity index (χ2v) is 5.62. The number of aromatic carboxylic acids is 1. The maximum atomic E-state index is 11.5. The Morgan fingerprint density at radius 1 is 1.36 bits per heavy atom. The first-order valence-electron chi connectivity index (χ1n) is 7.44. The van der Waals surface area contributed by atoms with E-state index in [2.05, 4.69) is 10.1 Å². The molecule has 0 unspecified atom stereocenters. The van der Waals surface area contributed by atoms with Crippen molar-refractivity contribution in [3.05, 3.63) is 53.5 Å². The first-order chi connectivity index (χ1) is 11.7. The fraction of sp³-hybridized carbons (Fsp3) is 0.176. The number of aromatic nitrogens is 3. The standard InChI is InChI=1S/C17H12N4O3.Li/c18-8-12-7-15-19-9-14(16(17(22)23)21(15)20-12)24-13-3-1-2-11(6-13)10-4-5-10;/h1-3,6-7,9-10H,4-5H2,(H,22,23);/q;+1/p-1. The van der Waals surface area contributed by atoms with Gasteiger partial charge in [0.05, 0.1) is 12.2 Å². The molecule has 1 fully saturated rings. The third kappa shape index (κ3) is 3.23. The van der Waals surface area contributed by atoms with Gasteiger partial charge in [-0.3, -0.25) is 0 Å². The number of nitrogens with zero attached hydrogens (tertiary/aromatic N) is 4. The van der Waals surface area contributed by atoms with Gasteiger partial charge in [-0.1, -0.05) is 12.1 Å². The number of nitriles is 1. The van der Waals surface area contributed by atoms with Crippen molar-refractivity contribution in [2.75, 3.05) is 0 Å². The number of rotatable bonds is 4. The Labute approximate surface area is 155 Å². The van der Waals surface area contributed by atoms with Crippen LogP contribution in [0, 0.1) is 11.3 Å². The van der Waals surface area contributed by atoms with Crippen LogP contribution in [0.4, 0.5) is 0 Å². The van der Waals surface area contributed by atoms with Crippen molar-refractivity contribution < 1.29 is 33.5 Å². The third-order valence-electron chi connectivity index (χ3n) is 3.89. The summed E-state index contributed by atoms with van der Waals surface area (Å²) in [4.78, 5) is 15.6. The molecular weight excluding hydrogens is 315 g/mol. The Kier molecular flexibility index (Phi) is 4.50. The number of fused-ring (bicyclic) bond motifs is 1. The van der Waals surface area contributed by atoms with Gasteiger partial charge in [0.15, 0.2) is 17.1 Å². The fourth-order valence-corrected chi connectivity index (χ4v) is 2.61. The molecule has 118 valence electrons. The molecule has 25 heavy (non-hydrogen) atoms. The Morgan fingerprint density at radius 3 is 2.84 bits per heavy atom. The van der Waals surface area contributed by atoms with Crippen molar-refractivity contribution in [1.29, 1.82) is 5.26 Å². The number of ether oxygens (including phenoxy) is 1. The van der Waals surface area contributed by atoms with E-state index in [1.165, 1.54) is 17.8 Å². The van der Waals surface area contributed by atoms with Crippen molar-refractivity contribution >= 4 is 11.6 Å². The van der Waals surface area contributed by atoms with E-state index in [1.54, 1.807) is 6.07 Å². The molecular formula is C17H11LiN4O3. The first-order valence-corrected chi connectivity index (χ1v) is 7.44. The van der Waals surface area contributed by atoms with Crippen molar-refractivity contribution in [3.63, 3.8) is 0 Å². The largest absolute Gasteiger partial charge is 1.00 e. The summed E-state index contributed by atoms with van der Waals surface area (Å²) in [5.74, 6) is -0.360. The van der Waals surface area contributed by atoms with Gasteiger partial charge in [0.2, 0.25) is 0 Å². The van der Waals surface area contributed by atoms with Crippen LogP contribution in [-0.2, 0) is 0 Å². The number of carbonyl (C=O) groups is 1. The van der Waals surface area contributed by atoms with Crippen molar-refractivity contribution in [1.82, 2.24) is 14.6 Å². The van der Waals surface area contributed by atoms with E-state index in [4.69, 9.17) is 10.00 Å². The summed E-state index contributed by atoms with van der Waals surface area (Å²) < 4.78 is 6.76. The van der Waals surface area contributed by atoms with Crippen LogP contribution >= 0.6 is 0 Å². The van der Waals surface area contributed by atoms with Gasteiger partial charge < -0.3 is 14.6 Å². The minimum absolute atomic E-state index is 0. The summed E-state index contributed by atoms with van der Waals surface area (Å²) in [6.45, 7) is 0. The molecule has 1 aliphatic carbocycles. The van der Waals surface area contributed by atoms with E-state index in [0.717, 1.165) is 17.4 Å². The molecule has 8 heteroatoms. The van der Waals surface area contributed by atoms with Crippen LogP contribution in [0.1, 0.15) is 40.5 Å². The molecule has 3 aromatic rings. The van der Waals surface area contributed by atoms with E-state index in [-0.39, 0.29) is 41.6 Å². The maximum Gasteiger partial charge on any atom is 1.00 e. The van der Waals surface area contributed by atoms with Gasteiger partial charge in [-0.25, -0.2) is 9.50 Å². The van der Waals surface area contributed by atoms with E-state index >= 15 is 0 Å².